The molecule has 0 spiro atoms. The van der Waals surface area contributed by atoms with Crippen LogP contribution in [-0.2, 0) is 9.84 Å². The highest BCUT2D eigenvalue weighted by Gasteiger charge is 2.43. The molecule has 19 heavy (non-hydrogen) atoms. The molecule has 0 saturated heterocycles. The Morgan fingerprint density at radius 2 is 1.95 bits per heavy atom. The second kappa shape index (κ2) is 4.28. The van der Waals surface area contributed by atoms with Gasteiger partial charge in [0.15, 0.2) is 9.84 Å². The molecule has 3 atom stereocenters. The van der Waals surface area contributed by atoms with E-state index in [1.54, 1.807) is 6.92 Å². The number of hydrogen-bond donors (Lipinski definition) is 1. The van der Waals surface area contributed by atoms with Crippen LogP contribution in [0.15, 0.2) is 23.1 Å². The number of nitrogens with one attached hydrogen (secondary N) is 1. The first-order valence-electron chi connectivity index (χ1n) is 6.70. The van der Waals surface area contributed by atoms with Crippen molar-refractivity contribution < 1.29 is 12.8 Å². The molecule has 3 nitrogen and oxygen atoms in total. The topological polar surface area (TPSA) is 46.2 Å². The average molecular weight is 283 g/mol. The minimum absolute atomic E-state index is 0.0556. The van der Waals surface area contributed by atoms with E-state index in [2.05, 4.69) is 5.32 Å². The number of fused-ring (bicyclic) bond motifs is 1. The van der Waals surface area contributed by atoms with Gasteiger partial charge in [-0.2, -0.15) is 0 Å². The fourth-order valence-corrected chi connectivity index (χ4v) is 4.70. The Balaban J connectivity index is 2.13. The largest absolute Gasteiger partial charge is 0.307 e. The molecule has 0 aromatic heterocycles. The molecule has 3 unspecified atom stereocenters. The van der Waals surface area contributed by atoms with E-state index in [0.29, 0.717) is 11.6 Å². The van der Waals surface area contributed by atoms with Crippen LogP contribution in [0.1, 0.15) is 38.3 Å². The Hall–Kier alpha value is -0.940. The van der Waals surface area contributed by atoms with E-state index in [-0.39, 0.29) is 22.7 Å². The second-order valence-corrected chi connectivity index (χ2v) is 7.98. The van der Waals surface area contributed by atoms with Gasteiger partial charge in [-0.3, -0.25) is 0 Å². The van der Waals surface area contributed by atoms with Gasteiger partial charge in [0.05, 0.1) is 10.1 Å². The summed E-state index contributed by atoms with van der Waals surface area (Å²) in [6.07, 6.45) is 2.24. The number of sulfone groups is 1. The lowest BCUT2D eigenvalue weighted by atomic mass is 9.91. The molecule has 2 aliphatic rings. The predicted octanol–water partition coefficient (Wildman–Crippen LogP) is 2.43. The van der Waals surface area contributed by atoms with E-state index >= 15 is 0 Å². The molecule has 1 aromatic carbocycles. The lowest BCUT2D eigenvalue weighted by molar-refractivity contribution is 0.354. The smallest absolute Gasteiger partial charge is 0.181 e. The van der Waals surface area contributed by atoms with Crippen LogP contribution in [0.25, 0.3) is 0 Å². The third-order valence-corrected chi connectivity index (χ3v) is 6.75. The Labute approximate surface area is 113 Å². The normalized spacial score (nSPS) is 32.9. The van der Waals surface area contributed by atoms with Crippen molar-refractivity contribution in [1.82, 2.24) is 5.32 Å². The van der Waals surface area contributed by atoms with Crippen LogP contribution in [0.2, 0.25) is 0 Å². The Morgan fingerprint density at radius 3 is 2.58 bits per heavy atom. The Morgan fingerprint density at radius 1 is 1.26 bits per heavy atom. The molecule has 0 bridgehead atoms. The molecule has 0 amide bonds. The van der Waals surface area contributed by atoms with Crippen molar-refractivity contribution in [1.29, 1.82) is 0 Å². The molecule has 1 aliphatic carbocycles. The van der Waals surface area contributed by atoms with Crippen LogP contribution in [0.4, 0.5) is 4.39 Å². The molecule has 1 heterocycles. The van der Waals surface area contributed by atoms with Crippen LogP contribution in [-0.4, -0.2) is 19.7 Å². The van der Waals surface area contributed by atoms with Crippen LogP contribution in [0.5, 0.6) is 0 Å². The van der Waals surface area contributed by atoms with Gasteiger partial charge in [0, 0.05) is 12.1 Å². The molecule has 5 heteroatoms. The van der Waals surface area contributed by atoms with Gasteiger partial charge in [0.2, 0.25) is 0 Å². The summed E-state index contributed by atoms with van der Waals surface area (Å²) in [6.45, 7) is 3.67. The van der Waals surface area contributed by atoms with E-state index in [1.165, 1.54) is 18.2 Å². The summed E-state index contributed by atoms with van der Waals surface area (Å²) in [6, 6.07) is 4.39. The molecular weight excluding hydrogens is 265 g/mol. The second-order valence-electron chi connectivity index (χ2n) is 5.71. The Kier molecular flexibility index (Phi) is 2.94. The number of rotatable bonds is 2. The van der Waals surface area contributed by atoms with Crippen LogP contribution < -0.4 is 5.32 Å². The zero-order valence-electron chi connectivity index (χ0n) is 11.1. The Bertz CT molecular complexity index is 610. The summed E-state index contributed by atoms with van der Waals surface area (Å²) < 4.78 is 38.3. The van der Waals surface area contributed by atoms with E-state index < -0.39 is 15.1 Å². The summed E-state index contributed by atoms with van der Waals surface area (Å²) in [4.78, 5) is 0.289. The first-order chi connectivity index (χ1) is 8.91. The summed E-state index contributed by atoms with van der Waals surface area (Å²) in [5, 5.41) is 3.02. The van der Waals surface area contributed by atoms with Gasteiger partial charge < -0.3 is 5.32 Å². The molecule has 1 N–H and O–H groups in total. The molecule has 1 aromatic rings. The highest BCUT2D eigenvalue weighted by Crippen LogP contribution is 2.41. The minimum atomic E-state index is -3.34. The van der Waals surface area contributed by atoms with Crippen molar-refractivity contribution in [2.75, 3.05) is 0 Å². The molecule has 1 aliphatic heterocycles. The van der Waals surface area contributed by atoms with E-state index in [4.69, 9.17) is 0 Å². The van der Waals surface area contributed by atoms with Gasteiger partial charge >= 0.3 is 0 Å². The number of benzene rings is 1. The minimum Gasteiger partial charge on any atom is -0.307 e. The fourth-order valence-electron chi connectivity index (χ4n) is 2.80. The van der Waals surface area contributed by atoms with Crippen molar-refractivity contribution in [3.8, 4) is 0 Å². The molecule has 1 saturated carbocycles. The van der Waals surface area contributed by atoms with E-state index in [0.717, 1.165) is 12.8 Å². The van der Waals surface area contributed by atoms with Crippen molar-refractivity contribution in [2.45, 2.75) is 48.9 Å². The standard InChI is InChI=1S/C14H18FNO2S/c1-8-9(2)19(17,18)13-6-3-10(15)7-12(13)14(8)16-11-4-5-11/h3,6-9,11,14,16H,4-5H2,1-2H3. The third kappa shape index (κ3) is 2.09. The summed E-state index contributed by atoms with van der Waals surface area (Å²) in [7, 11) is -3.34. The van der Waals surface area contributed by atoms with Gasteiger partial charge in [-0.1, -0.05) is 6.92 Å². The van der Waals surface area contributed by atoms with E-state index in [1.807, 2.05) is 6.92 Å². The third-order valence-electron chi connectivity index (χ3n) is 4.36. The zero-order chi connectivity index (χ0) is 13.8. The maximum absolute atomic E-state index is 13.5. The van der Waals surface area contributed by atoms with E-state index in [9.17, 15) is 12.8 Å². The SMILES string of the molecule is CC1C(NC2CC2)c2cc(F)ccc2S(=O)(=O)C1C. The van der Waals surface area contributed by atoms with Crippen molar-refractivity contribution in [2.24, 2.45) is 5.92 Å². The van der Waals surface area contributed by atoms with Crippen LogP contribution >= 0.6 is 0 Å². The van der Waals surface area contributed by atoms with Gasteiger partial charge in [0.1, 0.15) is 5.82 Å². The predicted molar refractivity (Wildman–Crippen MR) is 71.1 cm³/mol. The number of hydrogen-bond acceptors (Lipinski definition) is 3. The molecular formula is C14H18FNO2S. The van der Waals surface area contributed by atoms with Gasteiger partial charge in [-0.15, -0.1) is 0 Å². The molecule has 1 fully saturated rings. The molecule has 0 radical (unpaired) electrons. The quantitative estimate of drug-likeness (QED) is 0.848. The van der Waals surface area contributed by atoms with Crippen molar-refractivity contribution in [3.05, 3.63) is 29.6 Å². The molecule has 3 rings (SSSR count). The maximum Gasteiger partial charge on any atom is 0.181 e. The van der Waals surface area contributed by atoms with Crippen molar-refractivity contribution in [3.63, 3.8) is 0 Å². The van der Waals surface area contributed by atoms with Gasteiger partial charge in [0.25, 0.3) is 0 Å². The van der Waals surface area contributed by atoms with Crippen molar-refractivity contribution >= 4 is 9.84 Å². The maximum atomic E-state index is 13.5. The van der Waals surface area contributed by atoms with Crippen LogP contribution in [0, 0.1) is 11.7 Å². The average Bonchev–Trinajstić information content (AvgIpc) is 3.16. The number of halogens is 1. The summed E-state index contributed by atoms with van der Waals surface area (Å²) >= 11 is 0. The highest BCUT2D eigenvalue weighted by molar-refractivity contribution is 7.92. The summed E-state index contributed by atoms with van der Waals surface area (Å²) in [5.74, 6) is -0.432. The van der Waals surface area contributed by atoms with Gasteiger partial charge in [-0.25, -0.2) is 12.8 Å². The summed E-state index contributed by atoms with van der Waals surface area (Å²) in [5.41, 5.74) is 0.595. The lowest BCUT2D eigenvalue weighted by Gasteiger charge is -2.36. The van der Waals surface area contributed by atoms with Crippen LogP contribution in [0.3, 0.4) is 0 Å². The zero-order valence-corrected chi connectivity index (χ0v) is 11.9. The monoisotopic (exact) mass is 283 g/mol. The first kappa shape index (κ1) is 13.1. The van der Waals surface area contributed by atoms with Gasteiger partial charge in [-0.05, 0) is 49.4 Å². The first-order valence-corrected chi connectivity index (χ1v) is 8.25. The molecule has 104 valence electrons. The highest BCUT2D eigenvalue weighted by atomic mass is 32.2. The lowest BCUT2D eigenvalue weighted by Crippen LogP contribution is -2.42. The fraction of sp³-hybridized carbons (Fsp3) is 0.571.